The van der Waals surface area contributed by atoms with Crippen LogP contribution in [0.5, 0.6) is 0 Å². The highest BCUT2D eigenvalue weighted by molar-refractivity contribution is 9.10. The van der Waals surface area contributed by atoms with E-state index in [0.717, 1.165) is 11.3 Å². The molecule has 0 saturated carbocycles. The Morgan fingerprint density at radius 1 is 1.55 bits per heavy atom. The molecule has 2 heterocycles. The van der Waals surface area contributed by atoms with Gasteiger partial charge >= 0.3 is 5.97 Å². The fourth-order valence-corrected chi connectivity index (χ4v) is 2.86. The van der Waals surface area contributed by atoms with Crippen molar-refractivity contribution in [2.45, 2.75) is 12.8 Å². The molecule has 0 N–H and O–H groups in total. The number of pyridine rings is 1. The topological polar surface area (TPSA) is 92.9 Å². The predicted molar refractivity (Wildman–Crippen MR) is 82.7 cm³/mol. The molecule has 0 spiro atoms. The van der Waals surface area contributed by atoms with Crippen LogP contribution in [0.4, 0.5) is 0 Å². The summed E-state index contributed by atoms with van der Waals surface area (Å²) in [6.07, 6.45) is 1.47. The van der Waals surface area contributed by atoms with E-state index >= 15 is 0 Å². The maximum atomic E-state index is 12.4. The van der Waals surface area contributed by atoms with Gasteiger partial charge in [0.25, 0.3) is 0 Å². The summed E-state index contributed by atoms with van der Waals surface area (Å²) in [6, 6.07) is 4.99. The monoisotopic (exact) mass is 379 g/mol. The number of ketones is 1. The van der Waals surface area contributed by atoms with Crippen LogP contribution in [0.15, 0.2) is 28.3 Å². The summed E-state index contributed by atoms with van der Waals surface area (Å²) >= 11 is 4.26. The van der Waals surface area contributed by atoms with E-state index in [1.54, 1.807) is 6.92 Å². The Labute approximate surface area is 138 Å². The van der Waals surface area contributed by atoms with E-state index in [1.165, 1.54) is 23.7 Å². The van der Waals surface area contributed by atoms with E-state index in [2.05, 4.69) is 25.9 Å². The molecule has 2 aromatic heterocycles. The minimum atomic E-state index is -1.07. The number of carbonyl (C=O) groups excluding carboxylic acids is 2. The molecule has 8 heteroatoms. The summed E-state index contributed by atoms with van der Waals surface area (Å²) in [5.41, 5.74) is 0.451. The SMILES string of the molecule is CCOC(=O)c1csc([C@H](C#N)C(=O)c2ccnc(Br)c2)n1. The van der Waals surface area contributed by atoms with Crippen molar-refractivity contribution in [2.24, 2.45) is 0 Å². The third kappa shape index (κ3) is 3.55. The van der Waals surface area contributed by atoms with Crippen LogP contribution in [0.1, 0.15) is 38.7 Å². The van der Waals surface area contributed by atoms with Crippen molar-refractivity contribution in [1.29, 1.82) is 5.26 Å². The maximum Gasteiger partial charge on any atom is 0.357 e. The van der Waals surface area contributed by atoms with Crippen LogP contribution in [0.2, 0.25) is 0 Å². The quantitative estimate of drug-likeness (QED) is 0.450. The molecule has 0 amide bonds. The lowest BCUT2D eigenvalue weighted by Crippen LogP contribution is -2.12. The van der Waals surface area contributed by atoms with Gasteiger partial charge < -0.3 is 4.74 Å². The van der Waals surface area contributed by atoms with Gasteiger partial charge in [0.2, 0.25) is 0 Å². The first-order valence-corrected chi connectivity index (χ1v) is 7.92. The molecule has 0 saturated heterocycles. The Morgan fingerprint density at radius 3 is 2.95 bits per heavy atom. The molecule has 0 fully saturated rings. The average Bonchev–Trinajstić information content (AvgIpc) is 2.98. The fourth-order valence-electron chi connectivity index (χ4n) is 1.67. The molecule has 1 atom stereocenters. The van der Waals surface area contributed by atoms with Gasteiger partial charge in [0.15, 0.2) is 17.4 Å². The zero-order valence-electron chi connectivity index (χ0n) is 11.4. The number of ether oxygens (including phenoxy) is 1. The predicted octanol–water partition coefficient (Wildman–Crippen LogP) is 2.97. The first-order chi connectivity index (χ1) is 10.6. The van der Waals surface area contributed by atoms with Crippen molar-refractivity contribution in [3.63, 3.8) is 0 Å². The van der Waals surface area contributed by atoms with Gasteiger partial charge in [-0.2, -0.15) is 5.26 Å². The summed E-state index contributed by atoms with van der Waals surface area (Å²) in [4.78, 5) is 32.0. The molecule has 0 aliphatic heterocycles. The highest BCUT2D eigenvalue weighted by Crippen LogP contribution is 2.25. The maximum absolute atomic E-state index is 12.4. The number of esters is 1. The number of hydrogen-bond acceptors (Lipinski definition) is 7. The molecule has 0 radical (unpaired) electrons. The fraction of sp³-hybridized carbons (Fsp3) is 0.214. The van der Waals surface area contributed by atoms with E-state index in [9.17, 15) is 14.9 Å². The van der Waals surface area contributed by atoms with E-state index < -0.39 is 17.7 Å². The number of Topliss-reactive ketones (excluding diaryl/α,β-unsaturated/α-hetero) is 1. The molecule has 0 aliphatic rings. The van der Waals surface area contributed by atoms with Gasteiger partial charge in [0.1, 0.15) is 9.61 Å². The number of thiazole rings is 1. The highest BCUT2D eigenvalue weighted by atomic mass is 79.9. The first kappa shape index (κ1) is 16.3. The minimum absolute atomic E-state index is 0.103. The van der Waals surface area contributed by atoms with Crippen molar-refractivity contribution in [3.8, 4) is 6.07 Å². The molecule has 0 aromatic carbocycles. The van der Waals surface area contributed by atoms with Crippen molar-refractivity contribution in [2.75, 3.05) is 6.61 Å². The second-order valence-corrected chi connectivity index (χ2v) is 5.79. The normalized spacial score (nSPS) is 11.5. The Morgan fingerprint density at radius 2 is 2.32 bits per heavy atom. The Kier molecular flexibility index (Phi) is 5.35. The van der Waals surface area contributed by atoms with E-state index in [4.69, 9.17) is 4.74 Å². The Balaban J connectivity index is 2.27. The molecule has 0 bridgehead atoms. The largest absolute Gasteiger partial charge is 0.461 e. The van der Waals surface area contributed by atoms with Crippen molar-refractivity contribution < 1.29 is 14.3 Å². The summed E-state index contributed by atoms with van der Waals surface area (Å²) in [5, 5.41) is 11.0. The van der Waals surface area contributed by atoms with Crippen LogP contribution in [-0.2, 0) is 4.74 Å². The zero-order valence-corrected chi connectivity index (χ0v) is 13.8. The van der Waals surface area contributed by atoms with Crippen LogP contribution < -0.4 is 0 Å². The number of hydrogen-bond donors (Lipinski definition) is 0. The number of carbonyl (C=O) groups is 2. The molecule has 2 rings (SSSR count). The lowest BCUT2D eigenvalue weighted by atomic mass is 10.0. The molecular weight excluding hydrogens is 370 g/mol. The van der Waals surface area contributed by atoms with Gasteiger partial charge in [-0.1, -0.05) is 0 Å². The van der Waals surface area contributed by atoms with Crippen molar-refractivity contribution in [1.82, 2.24) is 9.97 Å². The van der Waals surface area contributed by atoms with E-state index in [1.807, 2.05) is 6.07 Å². The molecular formula is C14H10BrN3O3S. The second-order valence-electron chi connectivity index (χ2n) is 4.09. The van der Waals surface area contributed by atoms with Gasteiger partial charge in [0.05, 0.1) is 12.7 Å². The van der Waals surface area contributed by atoms with Crippen LogP contribution in [0.25, 0.3) is 0 Å². The van der Waals surface area contributed by atoms with Crippen molar-refractivity contribution in [3.05, 3.63) is 44.6 Å². The standard InChI is InChI=1S/C14H10BrN3O3S/c1-2-21-14(20)10-7-22-13(18-10)9(6-16)12(19)8-3-4-17-11(15)5-8/h3-5,7,9H,2H2,1H3/t9-/m1/s1. The summed E-state index contributed by atoms with van der Waals surface area (Å²) in [6.45, 7) is 1.92. The number of aromatic nitrogens is 2. The zero-order chi connectivity index (χ0) is 16.1. The molecule has 22 heavy (non-hydrogen) atoms. The second kappa shape index (κ2) is 7.24. The van der Waals surface area contributed by atoms with Gasteiger partial charge in [0, 0.05) is 17.1 Å². The Hall–Kier alpha value is -2.11. The summed E-state index contributed by atoms with van der Waals surface area (Å²) in [5.74, 6) is -2.03. The van der Waals surface area contributed by atoms with Crippen LogP contribution in [-0.4, -0.2) is 28.3 Å². The van der Waals surface area contributed by atoms with E-state index in [-0.39, 0.29) is 17.3 Å². The van der Waals surface area contributed by atoms with Gasteiger partial charge in [-0.15, -0.1) is 11.3 Å². The number of nitrogens with zero attached hydrogens (tertiary/aromatic N) is 3. The van der Waals surface area contributed by atoms with Gasteiger partial charge in [-0.05, 0) is 35.0 Å². The lowest BCUT2D eigenvalue weighted by molar-refractivity contribution is 0.0519. The first-order valence-electron chi connectivity index (χ1n) is 6.24. The summed E-state index contributed by atoms with van der Waals surface area (Å²) < 4.78 is 5.34. The number of nitriles is 1. The lowest BCUT2D eigenvalue weighted by Gasteiger charge is -2.05. The molecule has 2 aromatic rings. The molecule has 0 unspecified atom stereocenters. The number of halogens is 1. The van der Waals surface area contributed by atoms with Gasteiger partial charge in [-0.3, -0.25) is 4.79 Å². The summed E-state index contributed by atoms with van der Waals surface area (Å²) in [7, 11) is 0. The van der Waals surface area contributed by atoms with Crippen LogP contribution in [0, 0.1) is 11.3 Å². The highest BCUT2D eigenvalue weighted by Gasteiger charge is 2.26. The molecule has 6 nitrogen and oxygen atoms in total. The molecule has 0 aliphatic carbocycles. The van der Waals surface area contributed by atoms with Crippen LogP contribution >= 0.6 is 27.3 Å². The van der Waals surface area contributed by atoms with Crippen molar-refractivity contribution >= 4 is 39.0 Å². The Bertz CT molecular complexity index is 754. The third-order valence-electron chi connectivity index (χ3n) is 2.66. The van der Waals surface area contributed by atoms with E-state index in [0.29, 0.717) is 10.2 Å². The van der Waals surface area contributed by atoms with Crippen LogP contribution in [0.3, 0.4) is 0 Å². The third-order valence-corrected chi connectivity index (χ3v) is 4.00. The number of rotatable bonds is 5. The average molecular weight is 380 g/mol. The minimum Gasteiger partial charge on any atom is -0.461 e. The van der Waals surface area contributed by atoms with Gasteiger partial charge in [-0.25, -0.2) is 14.8 Å². The molecule has 112 valence electrons. The smallest absolute Gasteiger partial charge is 0.357 e.